The highest BCUT2D eigenvalue weighted by atomic mass is 35.5. The number of carbonyl (C=O) groups is 1. The van der Waals surface area contributed by atoms with Crippen LogP contribution in [0, 0.1) is 13.8 Å². The zero-order valence-corrected chi connectivity index (χ0v) is 20.2. The molecule has 0 radical (unpaired) electrons. The maximum absolute atomic E-state index is 12.9. The number of halogens is 1. The van der Waals surface area contributed by atoms with E-state index in [1.54, 1.807) is 38.6 Å². The van der Waals surface area contributed by atoms with Gasteiger partial charge in [0.15, 0.2) is 11.5 Å². The molecule has 0 spiro atoms. The minimum atomic E-state index is -0.284. The SMILES string of the molecule is COc1ccc(/C=C/C(=O)Nc2cnc3c(C)cc(C)cc3c2-c2ccccc2Cl)cc1OC. The van der Waals surface area contributed by atoms with Crippen LogP contribution in [0.15, 0.2) is 66.9 Å². The van der Waals surface area contributed by atoms with Crippen molar-refractivity contribution in [1.82, 2.24) is 4.98 Å². The van der Waals surface area contributed by atoms with Crippen molar-refractivity contribution in [1.29, 1.82) is 0 Å². The van der Waals surface area contributed by atoms with Crippen LogP contribution in [-0.4, -0.2) is 25.1 Å². The highest BCUT2D eigenvalue weighted by Crippen LogP contribution is 2.39. The predicted octanol–water partition coefficient (Wildman–Crippen LogP) is 6.84. The summed E-state index contributed by atoms with van der Waals surface area (Å²) in [6.45, 7) is 4.07. The average molecular weight is 473 g/mol. The summed E-state index contributed by atoms with van der Waals surface area (Å²) in [5, 5.41) is 4.53. The zero-order valence-electron chi connectivity index (χ0n) is 19.5. The van der Waals surface area contributed by atoms with Gasteiger partial charge in [0.25, 0.3) is 0 Å². The molecule has 1 N–H and O–H groups in total. The van der Waals surface area contributed by atoms with Gasteiger partial charge in [0.05, 0.1) is 31.6 Å². The molecule has 5 nitrogen and oxygen atoms in total. The molecule has 3 aromatic carbocycles. The van der Waals surface area contributed by atoms with Gasteiger partial charge in [-0.2, -0.15) is 0 Å². The molecule has 0 aliphatic heterocycles. The van der Waals surface area contributed by atoms with Crippen molar-refractivity contribution in [3.8, 4) is 22.6 Å². The number of fused-ring (bicyclic) bond motifs is 1. The molecule has 0 bridgehead atoms. The first kappa shape index (κ1) is 23.3. The Hall–Kier alpha value is -3.83. The van der Waals surface area contributed by atoms with Crippen LogP contribution in [0.4, 0.5) is 5.69 Å². The summed E-state index contributed by atoms with van der Waals surface area (Å²) < 4.78 is 10.6. The number of nitrogens with zero attached hydrogens (tertiary/aromatic N) is 1. The number of methoxy groups -OCH3 is 2. The molecule has 0 aliphatic rings. The summed E-state index contributed by atoms with van der Waals surface area (Å²) in [7, 11) is 3.16. The normalized spacial score (nSPS) is 11.1. The van der Waals surface area contributed by atoms with E-state index in [0.717, 1.165) is 38.7 Å². The zero-order chi connectivity index (χ0) is 24.2. The standard InChI is InChI=1S/C28H25ClN2O3/c1-17-13-18(2)28-21(14-17)27(20-7-5-6-8-22(20)29)23(16-30-28)31-26(32)12-10-19-9-11-24(33-3)25(15-19)34-4/h5-16H,1-4H3,(H,31,32)/b12-10+. The second-order valence-corrected chi connectivity index (χ2v) is 8.35. The van der Waals surface area contributed by atoms with Gasteiger partial charge in [-0.05, 0) is 55.3 Å². The second-order valence-electron chi connectivity index (χ2n) is 7.94. The van der Waals surface area contributed by atoms with Crippen LogP contribution in [0.2, 0.25) is 5.02 Å². The molecule has 0 saturated carbocycles. The van der Waals surface area contributed by atoms with Crippen molar-refractivity contribution < 1.29 is 14.3 Å². The fourth-order valence-corrected chi connectivity index (χ4v) is 4.24. The van der Waals surface area contributed by atoms with Crippen LogP contribution in [0.5, 0.6) is 11.5 Å². The minimum Gasteiger partial charge on any atom is -0.493 e. The third-order valence-electron chi connectivity index (χ3n) is 5.54. The van der Waals surface area contributed by atoms with Crippen molar-refractivity contribution in [2.45, 2.75) is 13.8 Å². The number of ether oxygens (including phenoxy) is 2. The molecule has 1 aromatic heterocycles. The van der Waals surface area contributed by atoms with Gasteiger partial charge in [-0.15, -0.1) is 0 Å². The van der Waals surface area contributed by atoms with E-state index < -0.39 is 0 Å². The lowest BCUT2D eigenvalue weighted by Gasteiger charge is -2.16. The van der Waals surface area contributed by atoms with Gasteiger partial charge >= 0.3 is 0 Å². The Morgan fingerprint density at radius 1 is 1.00 bits per heavy atom. The van der Waals surface area contributed by atoms with Crippen LogP contribution in [0.3, 0.4) is 0 Å². The van der Waals surface area contributed by atoms with Gasteiger partial charge in [0.1, 0.15) is 0 Å². The van der Waals surface area contributed by atoms with E-state index in [1.807, 2.05) is 44.2 Å². The third-order valence-corrected chi connectivity index (χ3v) is 5.87. The average Bonchev–Trinajstić information content (AvgIpc) is 2.83. The number of nitrogens with one attached hydrogen (secondary N) is 1. The van der Waals surface area contributed by atoms with Crippen LogP contribution in [0.1, 0.15) is 16.7 Å². The number of hydrogen-bond donors (Lipinski definition) is 1. The molecule has 0 fully saturated rings. The molecule has 6 heteroatoms. The molecular formula is C28H25ClN2O3. The molecule has 1 amide bonds. The van der Waals surface area contributed by atoms with Gasteiger partial charge in [-0.25, -0.2) is 0 Å². The van der Waals surface area contributed by atoms with E-state index in [2.05, 4.69) is 22.4 Å². The fraction of sp³-hybridized carbons (Fsp3) is 0.143. The quantitative estimate of drug-likeness (QED) is 0.312. The molecule has 1 heterocycles. The van der Waals surface area contributed by atoms with Gasteiger partial charge in [-0.1, -0.05) is 47.5 Å². The smallest absolute Gasteiger partial charge is 0.248 e. The Morgan fingerprint density at radius 3 is 2.50 bits per heavy atom. The highest BCUT2D eigenvalue weighted by Gasteiger charge is 2.16. The molecule has 0 saturated heterocycles. The number of aromatic nitrogens is 1. The van der Waals surface area contributed by atoms with Crippen molar-refractivity contribution in [2.75, 3.05) is 19.5 Å². The maximum Gasteiger partial charge on any atom is 0.248 e. The summed E-state index contributed by atoms with van der Waals surface area (Å²) in [4.78, 5) is 17.5. The number of amides is 1. The van der Waals surface area contributed by atoms with E-state index in [4.69, 9.17) is 21.1 Å². The molecular weight excluding hydrogens is 448 g/mol. The van der Waals surface area contributed by atoms with Crippen molar-refractivity contribution in [3.63, 3.8) is 0 Å². The summed E-state index contributed by atoms with van der Waals surface area (Å²) in [5.74, 6) is 0.936. The van der Waals surface area contributed by atoms with Crippen LogP contribution >= 0.6 is 11.6 Å². The largest absolute Gasteiger partial charge is 0.493 e. The number of aryl methyl sites for hydroxylation is 2. The first-order chi connectivity index (χ1) is 16.4. The number of rotatable bonds is 6. The molecule has 4 aromatic rings. The summed E-state index contributed by atoms with van der Waals surface area (Å²) in [6, 6.07) is 17.2. The lowest BCUT2D eigenvalue weighted by atomic mass is 9.96. The number of benzene rings is 3. The Morgan fingerprint density at radius 2 is 1.76 bits per heavy atom. The number of carbonyl (C=O) groups excluding carboxylic acids is 1. The van der Waals surface area contributed by atoms with Crippen LogP contribution in [-0.2, 0) is 4.79 Å². The van der Waals surface area contributed by atoms with Crippen LogP contribution in [0.25, 0.3) is 28.1 Å². The first-order valence-corrected chi connectivity index (χ1v) is 11.1. The predicted molar refractivity (Wildman–Crippen MR) is 139 cm³/mol. The van der Waals surface area contributed by atoms with Gasteiger partial charge < -0.3 is 14.8 Å². The minimum absolute atomic E-state index is 0.284. The number of anilines is 1. The van der Waals surface area contributed by atoms with E-state index in [0.29, 0.717) is 22.2 Å². The van der Waals surface area contributed by atoms with Gasteiger partial charge in [-0.3, -0.25) is 9.78 Å². The molecule has 0 aliphatic carbocycles. The maximum atomic E-state index is 12.9. The van der Waals surface area contributed by atoms with Crippen molar-refractivity contribution in [3.05, 3.63) is 88.6 Å². The Bertz CT molecular complexity index is 1410. The van der Waals surface area contributed by atoms with Crippen LogP contribution < -0.4 is 14.8 Å². The van der Waals surface area contributed by atoms with E-state index in [9.17, 15) is 4.79 Å². The van der Waals surface area contributed by atoms with Gasteiger partial charge in [0.2, 0.25) is 5.91 Å². The topological polar surface area (TPSA) is 60.5 Å². The second kappa shape index (κ2) is 9.98. The summed E-state index contributed by atoms with van der Waals surface area (Å²) in [6.07, 6.45) is 4.88. The van der Waals surface area contributed by atoms with Crippen molar-refractivity contribution in [2.24, 2.45) is 0 Å². The molecule has 4 rings (SSSR count). The highest BCUT2D eigenvalue weighted by molar-refractivity contribution is 6.34. The monoisotopic (exact) mass is 472 g/mol. The summed E-state index contributed by atoms with van der Waals surface area (Å²) >= 11 is 6.57. The molecule has 172 valence electrons. The van der Waals surface area contributed by atoms with Gasteiger partial charge in [0, 0.05) is 27.6 Å². The first-order valence-electron chi connectivity index (χ1n) is 10.8. The Labute approximate surface area is 204 Å². The van der Waals surface area contributed by atoms with E-state index >= 15 is 0 Å². The molecule has 0 unspecified atom stereocenters. The number of pyridine rings is 1. The lowest BCUT2D eigenvalue weighted by Crippen LogP contribution is -2.10. The number of hydrogen-bond acceptors (Lipinski definition) is 4. The third kappa shape index (κ3) is 4.75. The van der Waals surface area contributed by atoms with Crippen molar-refractivity contribution >= 4 is 40.2 Å². The van der Waals surface area contributed by atoms with E-state index in [-0.39, 0.29) is 5.91 Å². The molecule has 34 heavy (non-hydrogen) atoms. The summed E-state index contributed by atoms with van der Waals surface area (Å²) in [5.41, 5.74) is 6.12. The Kier molecular flexibility index (Phi) is 6.85. The Balaban J connectivity index is 1.73. The fourth-order valence-electron chi connectivity index (χ4n) is 4.01. The lowest BCUT2D eigenvalue weighted by molar-refractivity contribution is -0.111. The molecule has 0 atom stereocenters. The van der Waals surface area contributed by atoms with E-state index in [1.165, 1.54) is 6.08 Å².